The third-order valence-electron chi connectivity index (χ3n) is 4.66. The number of benzene rings is 2. The molecule has 0 unspecified atom stereocenters. The summed E-state index contributed by atoms with van der Waals surface area (Å²) in [6.45, 7) is 0. The van der Waals surface area contributed by atoms with Crippen molar-refractivity contribution in [2.75, 3.05) is 17.7 Å². The number of carbonyl (C=O) groups excluding carboxylic acids is 3. The second kappa shape index (κ2) is 8.50. The Hall–Kier alpha value is -4.46. The first-order chi connectivity index (χ1) is 15.0. The van der Waals surface area contributed by atoms with Crippen LogP contribution in [-0.2, 0) is 4.79 Å². The van der Waals surface area contributed by atoms with Crippen molar-refractivity contribution in [3.05, 3.63) is 83.7 Å². The molecule has 3 aromatic rings. The lowest BCUT2D eigenvalue weighted by atomic mass is 10.0. The molecule has 2 aromatic carbocycles. The maximum Gasteiger partial charge on any atom is 0.326 e. The number of nitrogens with zero attached hydrogens (tertiary/aromatic N) is 1. The summed E-state index contributed by atoms with van der Waals surface area (Å²) in [6.07, 6.45) is 5.08. The van der Waals surface area contributed by atoms with Gasteiger partial charge in [0.2, 0.25) is 0 Å². The molecule has 1 aliphatic rings. The maximum atomic E-state index is 12.4. The largest absolute Gasteiger partial charge is 0.497 e. The van der Waals surface area contributed by atoms with Gasteiger partial charge < -0.3 is 15.4 Å². The van der Waals surface area contributed by atoms with E-state index in [0.29, 0.717) is 28.3 Å². The number of nitrogens with one attached hydrogen (secondary N) is 3. The number of aromatic nitrogens is 1. The Balaban J connectivity index is 1.45. The fraction of sp³-hybridized carbons (Fsp3) is 0.0435. The molecule has 0 saturated carbocycles. The highest BCUT2D eigenvalue weighted by Crippen LogP contribution is 2.35. The highest BCUT2D eigenvalue weighted by atomic mass is 16.5. The Bertz CT molecular complexity index is 1190. The third-order valence-corrected chi connectivity index (χ3v) is 4.66. The molecule has 8 heteroatoms. The van der Waals surface area contributed by atoms with Crippen molar-refractivity contribution in [1.29, 1.82) is 0 Å². The molecular formula is C23H18N4O4. The van der Waals surface area contributed by atoms with Crippen molar-refractivity contribution >= 4 is 40.9 Å². The van der Waals surface area contributed by atoms with Crippen LogP contribution >= 0.6 is 0 Å². The Morgan fingerprint density at radius 2 is 1.77 bits per heavy atom. The molecule has 3 N–H and O–H groups in total. The Morgan fingerprint density at radius 1 is 1.03 bits per heavy atom. The van der Waals surface area contributed by atoms with Crippen LogP contribution in [0.1, 0.15) is 21.5 Å². The van der Waals surface area contributed by atoms with Gasteiger partial charge in [-0.05, 0) is 60.2 Å². The summed E-state index contributed by atoms with van der Waals surface area (Å²) >= 11 is 0. The minimum atomic E-state index is -0.683. The number of amides is 4. The summed E-state index contributed by atoms with van der Waals surface area (Å²) in [5.74, 6) is -0.168. The van der Waals surface area contributed by atoms with Gasteiger partial charge in [-0.15, -0.1) is 0 Å². The first kappa shape index (κ1) is 19.8. The van der Waals surface area contributed by atoms with E-state index in [9.17, 15) is 14.4 Å². The van der Waals surface area contributed by atoms with E-state index < -0.39 is 11.9 Å². The summed E-state index contributed by atoms with van der Waals surface area (Å²) in [5, 5.41) is 7.65. The molecule has 4 rings (SSSR count). The van der Waals surface area contributed by atoms with Crippen LogP contribution in [0.2, 0.25) is 0 Å². The van der Waals surface area contributed by atoms with Crippen LogP contribution in [0.15, 0.2) is 67.0 Å². The fourth-order valence-corrected chi connectivity index (χ4v) is 3.12. The number of anilines is 2. The Morgan fingerprint density at radius 3 is 2.48 bits per heavy atom. The standard InChI is InChI=1S/C23H18N4O4/c1-31-17-5-2-15(3-6-17)21(28)27-23(30)25-16-4-7-18-19(22(29)26-20(18)13-16)12-14-8-10-24-11-9-14/h2-13H,1H3,(H,26,29)(H2,25,27,28,30)/b19-12+. The average molecular weight is 414 g/mol. The van der Waals surface area contributed by atoms with E-state index in [0.717, 1.165) is 11.1 Å². The fourth-order valence-electron chi connectivity index (χ4n) is 3.12. The summed E-state index contributed by atoms with van der Waals surface area (Å²) in [5.41, 5.74) is 3.43. The Labute approximate surface area is 178 Å². The van der Waals surface area contributed by atoms with Crippen LogP contribution in [0.25, 0.3) is 11.6 Å². The highest BCUT2D eigenvalue weighted by molar-refractivity contribution is 6.35. The number of methoxy groups -OCH3 is 1. The Kier molecular flexibility index (Phi) is 5.44. The van der Waals surface area contributed by atoms with Gasteiger partial charge in [-0.3, -0.25) is 19.9 Å². The molecule has 0 radical (unpaired) electrons. The lowest BCUT2D eigenvalue weighted by molar-refractivity contribution is -0.110. The molecule has 0 aliphatic carbocycles. The van der Waals surface area contributed by atoms with Crippen molar-refractivity contribution in [2.24, 2.45) is 0 Å². The topological polar surface area (TPSA) is 109 Å². The smallest absolute Gasteiger partial charge is 0.326 e. The van der Waals surface area contributed by atoms with E-state index >= 15 is 0 Å². The molecule has 0 spiro atoms. The summed E-state index contributed by atoms with van der Waals surface area (Å²) in [4.78, 5) is 40.8. The van der Waals surface area contributed by atoms with Crippen LogP contribution in [0.4, 0.5) is 16.2 Å². The first-order valence-corrected chi connectivity index (χ1v) is 9.37. The summed E-state index contributed by atoms with van der Waals surface area (Å²) in [6, 6.07) is 14.3. The van der Waals surface area contributed by atoms with Gasteiger partial charge in [-0.2, -0.15) is 0 Å². The van der Waals surface area contributed by atoms with E-state index in [-0.39, 0.29) is 5.91 Å². The van der Waals surface area contributed by atoms with Gasteiger partial charge >= 0.3 is 6.03 Å². The number of pyridine rings is 1. The van der Waals surface area contributed by atoms with Crippen LogP contribution in [0.3, 0.4) is 0 Å². The van der Waals surface area contributed by atoms with Crippen LogP contribution in [0.5, 0.6) is 5.75 Å². The molecule has 1 aliphatic heterocycles. The lowest BCUT2D eigenvalue weighted by Gasteiger charge is -2.08. The molecule has 0 atom stereocenters. The number of carbonyl (C=O) groups is 3. The van der Waals surface area contributed by atoms with Crippen molar-refractivity contribution in [2.45, 2.75) is 0 Å². The quantitative estimate of drug-likeness (QED) is 0.566. The van der Waals surface area contributed by atoms with E-state index in [2.05, 4.69) is 20.9 Å². The number of hydrogen-bond donors (Lipinski definition) is 3. The van der Waals surface area contributed by atoms with Gasteiger partial charge in [0.05, 0.1) is 12.8 Å². The zero-order valence-corrected chi connectivity index (χ0v) is 16.5. The van der Waals surface area contributed by atoms with Gasteiger partial charge in [0.25, 0.3) is 11.8 Å². The molecular weight excluding hydrogens is 396 g/mol. The summed E-state index contributed by atoms with van der Waals surface area (Å²) < 4.78 is 5.05. The van der Waals surface area contributed by atoms with Gasteiger partial charge in [-0.25, -0.2) is 4.79 Å². The predicted octanol–water partition coefficient (Wildman–Crippen LogP) is 3.54. The molecule has 0 fully saturated rings. The predicted molar refractivity (Wildman–Crippen MR) is 117 cm³/mol. The van der Waals surface area contributed by atoms with Crippen LogP contribution < -0.4 is 20.7 Å². The molecule has 1 aromatic heterocycles. The average Bonchev–Trinajstić information content (AvgIpc) is 3.08. The first-order valence-electron chi connectivity index (χ1n) is 9.37. The minimum Gasteiger partial charge on any atom is -0.497 e. The minimum absolute atomic E-state index is 0.233. The molecule has 0 bridgehead atoms. The van der Waals surface area contributed by atoms with Crippen molar-refractivity contribution < 1.29 is 19.1 Å². The van der Waals surface area contributed by atoms with Crippen LogP contribution in [0, 0.1) is 0 Å². The number of fused-ring (bicyclic) bond motifs is 1. The van der Waals surface area contributed by atoms with Gasteiger partial charge in [-0.1, -0.05) is 6.07 Å². The lowest BCUT2D eigenvalue weighted by Crippen LogP contribution is -2.34. The molecule has 4 amide bonds. The zero-order chi connectivity index (χ0) is 21.8. The van der Waals surface area contributed by atoms with E-state index in [1.807, 2.05) is 0 Å². The van der Waals surface area contributed by atoms with E-state index in [1.165, 1.54) is 7.11 Å². The molecule has 8 nitrogen and oxygen atoms in total. The van der Waals surface area contributed by atoms with Gasteiger partial charge in [0.1, 0.15) is 5.75 Å². The highest BCUT2D eigenvalue weighted by Gasteiger charge is 2.24. The zero-order valence-electron chi connectivity index (χ0n) is 16.5. The monoisotopic (exact) mass is 414 g/mol. The maximum absolute atomic E-state index is 12.4. The van der Waals surface area contributed by atoms with E-state index in [1.54, 1.807) is 73.1 Å². The van der Waals surface area contributed by atoms with Crippen molar-refractivity contribution in [3.8, 4) is 5.75 Å². The molecule has 31 heavy (non-hydrogen) atoms. The molecule has 2 heterocycles. The number of imide groups is 1. The second-order valence-electron chi connectivity index (χ2n) is 6.69. The van der Waals surface area contributed by atoms with Crippen molar-refractivity contribution in [1.82, 2.24) is 10.3 Å². The molecule has 154 valence electrons. The van der Waals surface area contributed by atoms with Crippen LogP contribution in [-0.4, -0.2) is 29.9 Å². The second-order valence-corrected chi connectivity index (χ2v) is 6.69. The third kappa shape index (κ3) is 4.43. The SMILES string of the molecule is COc1ccc(C(=O)NC(=O)Nc2ccc3c(c2)NC(=O)/C3=C/c2ccncc2)cc1. The number of ether oxygens (including phenoxy) is 1. The summed E-state index contributed by atoms with van der Waals surface area (Å²) in [7, 11) is 1.53. The van der Waals surface area contributed by atoms with Crippen molar-refractivity contribution in [3.63, 3.8) is 0 Å². The molecule has 0 saturated heterocycles. The normalized spacial score (nSPS) is 13.3. The number of urea groups is 1. The van der Waals surface area contributed by atoms with Gasteiger partial charge in [0.15, 0.2) is 0 Å². The number of rotatable bonds is 4. The number of hydrogen-bond acceptors (Lipinski definition) is 5. The van der Waals surface area contributed by atoms with Gasteiger partial charge in [0, 0.05) is 34.8 Å². The van der Waals surface area contributed by atoms with E-state index in [4.69, 9.17) is 4.74 Å².